The Kier molecular flexibility index (Phi) is 17.3. The Bertz CT molecular complexity index is 1970. The smallest absolute Gasteiger partial charge is 0.0446 e. The van der Waals surface area contributed by atoms with E-state index in [0.29, 0.717) is 29.8 Å². The van der Waals surface area contributed by atoms with Crippen LogP contribution in [-0.2, 0) is 31.9 Å². The van der Waals surface area contributed by atoms with E-state index in [1.165, 1.54) is 48.3 Å². The van der Waals surface area contributed by atoms with E-state index in [1.807, 2.05) is 6.20 Å². The number of allylic oxidation sites excluding steroid dienone is 2. The van der Waals surface area contributed by atoms with Crippen molar-refractivity contribution in [2.45, 2.75) is 140 Å². The van der Waals surface area contributed by atoms with E-state index in [0.717, 1.165) is 43.4 Å². The van der Waals surface area contributed by atoms with Crippen molar-refractivity contribution < 1.29 is 20.1 Å². The molecule has 1 radical (unpaired) electrons. The van der Waals surface area contributed by atoms with Crippen LogP contribution in [-0.4, -0.2) is 37.3 Å². The van der Waals surface area contributed by atoms with E-state index in [-0.39, 0.29) is 40.0 Å². The van der Waals surface area contributed by atoms with Crippen molar-refractivity contribution in [3.05, 3.63) is 95.1 Å². The number of nitrogens with zero attached hydrogens (tertiary/aromatic N) is 3. The standard InChI is InChI=1S/C29H28NSe.C19H37N2.Ir/c1-18(2)15-20-10-8-12-23-24-13-14-30-26(28(24)31-27(20)23)21-16-19-9-6-7-11-22(19)25(17-21)29(3,4)5;1-9-16(10-2)18(20-14(5)6)13-19(21-15(7)8)17(11-3)12-4;/h6-14,17-18H,15H2,1-5H3;13-17H,9-12H2,1-8H3;/q2*-1;/b;18-13-,21-19?;. The minimum atomic E-state index is 0. The molecule has 0 unspecified atom stereocenters. The van der Waals surface area contributed by atoms with E-state index >= 15 is 0 Å². The number of aliphatic imine (C=N–C) groups is 1. The Labute approximate surface area is 342 Å². The van der Waals surface area contributed by atoms with Crippen molar-refractivity contribution in [1.82, 2.24) is 4.98 Å². The van der Waals surface area contributed by atoms with E-state index < -0.39 is 0 Å². The molecule has 0 saturated heterocycles. The van der Waals surface area contributed by atoms with Gasteiger partial charge in [-0.1, -0.05) is 60.5 Å². The van der Waals surface area contributed by atoms with Crippen molar-refractivity contribution in [2.24, 2.45) is 22.7 Å². The monoisotopic (exact) mass is 956 g/mol. The minimum absolute atomic E-state index is 0. The summed E-state index contributed by atoms with van der Waals surface area (Å²) >= 11 is 0.265. The summed E-state index contributed by atoms with van der Waals surface area (Å²) in [5, 5.41) is 10.1. The Morgan fingerprint density at radius 1 is 0.811 bits per heavy atom. The van der Waals surface area contributed by atoms with Crippen molar-refractivity contribution in [3.8, 4) is 11.3 Å². The number of pyridine rings is 1. The van der Waals surface area contributed by atoms with Crippen LogP contribution < -0.4 is 0 Å². The first kappa shape index (κ1) is 44.8. The molecule has 2 heterocycles. The summed E-state index contributed by atoms with van der Waals surface area (Å²) in [6.45, 7) is 29.2. The quantitative estimate of drug-likeness (QED) is 0.0658. The Hall–Kier alpha value is -2.55. The number of hydrogen-bond acceptors (Lipinski definition) is 2. The average molecular weight is 955 g/mol. The van der Waals surface area contributed by atoms with Gasteiger partial charge in [0.2, 0.25) is 0 Å². The van der Waals surface area contributed by atoms with Gasteiger partial charge >= 0.3 is 191 Å². The molecule has 289 valence electrons. The molecule has 0 saturated carbocycles. The summed E-state index contributed by atoms with van der Waals surface area (Å²) in [5.41, 5.74) is 7.66. The molecule has 3 aromatic carbocycles. The summed E-state index contributed by atoms with van der Waals surface area (Å²) in [6, 6.07) is 24.4. The number of fused-ring (bicyclic) bond motifs is 4. The fraction of sp³-hybridized carbons (Fsp3) is 0.500. The van der Waals surface area contributed by atoms with Gasteiger partial charge in [-0.15, -0.1) is 6.04 Å². The second-order valence-electron chi connectivity index (χ2n) is 16.4. The van der Waals surface area contributed by atoms with Gasteiger partial charge in [0, 0.05) is 37.8 Å². The van der Waals surface area contributed by atoms with Crippen LogP contribution in [0.3, 0.4) is 0 Å². The van der Waals surface area contributed by atoms with Gasteiger partial charge in [-0.05, 0) is 32.6 Å². The molecule has 0 spiro atoms. The molecule has 0 aliphatic carbocycles. The maximum Gasteiger partial charge on any atom is 0.0446 e. The molecule has 0 atom stereocenters. The predicted molar refractivity (Wildman–Crippen MR) is 233 cm³/mol. The first-order chi connectivity index (χ1) is 24.7. The summed E-state index contributed by atoms with van der Waals surface area (Å²) in [6.07, 6.45) is 10.0. The maximum absolute atomic E-state index is 4.91. The zero-order valence-corrected chi connectivity index (χ0v) is 39.0. The third-order valence-corrected chi connectivity index (χ3v) is 12.6. The molecule has 0 fully saturated rings. The predicted octanol–water partition coefficient (Wildman–Crippen LogP) is 13.9. The second kappa shape index (κ2) is 20.4. The SMILES string of the molecule is CC(C)Cc1cccc2c1[se]c1c(-c3[c-]c4ccccc4c(C(C)(C)C)c3)nccc12.CCC(CC)C(/C=C(\[N-]C(C)C)C(CC)CC)=NC(C)C.[Ir]. The van der Waals surface area contributed by atoms with Gasteiger partial charge in [-0.3, -0.25) is 4.99 Å². The molecule has 5 aromatic rings. The zero-order valence-electron chi connectivity index (χ0n) is 34.9. The summed E-state index contributed by atoms with van der Waals surface area (Å²) in [7, 11) is 0. The van der Waals surface area contributed by atoms with Gasteiger partial charge < -0.3 is 5.32 Å². The molecule has 53 heavy (non-hydrogen) atoms. The van der Waals surface area contributed by atoms with E-state index in [4.69, 9.17) is 15.3 Å². The van der Waals surface area contributed by atoms with Crippen molar-refractivity contribution in [1.29, 1.82) is 0 Å². The first-order valence-corrected chi connectivity index (χ1v) is 21.7. The summed E-state index contributed by atoms with van der Waals surface area (Å²) in [4.78, 5) is 9.81. The molecule has 0 N–H and O–H groups in total. The number of benzene rings is 3. The van der Waals surface area contributed by atoms with Crippen molar-refractivity contribution >= 4 is 50.3 Å². The molecule has 5 rings (SSSR count). The minimum Gasteiger partial charge on any atom is -0.685 e. The number of hydrogen-bond donors (Lipinski definition) is 0. The van der Waals surface area contributed by atoms with Crippen LogP contribution in [0.4, 0.5) is 0 Å². The van der Waals surface area contributed by atoms with Crippen LogP contribution in [0.5, 0.6) is 0 Å². The van der Waals surface area contributed by atoms with Gasteiger partial charge in [-0.2, -0.15) is 5.70 Å². The van der Waals surface area contributed by atoms with Crippen LogP contribution in [0.25, 0.3) is 46.6 Å². The van der Waals surface area contributed by atoms with Gasteiger partial charge in [-0.25, -0.2) is 0 Å². The Balaban J connectivity index is 0.000000305. The summed E-state index contributed by atoms with van der Waals surface area (Å²) < 4.78 is 2.96. The molecular weight excluding hydrogens is 890 g/mol. The third kappa shape index (κ3) is 11.5. The largest absolute Gasteiger partial charge is 0.685 e. The second-order valence-corrected chi connectivity index (χ2v) is 18.5. The van der Waals surface area contributed by atoms with E-state index in [9.17, 15) is 0 Å². The van der Waals surface area contributed by atoms with Crippen LogP contribution in [0, 0.1) is 23.8 Å². The molecule has 2 aromatic heterocycles. The third-order valence-electron chi connectivity index (χ3n) is 9.88. The van der Waals surface area contributed by atoms with Crippen LogP contribution in [0.15, 0.2) is 77.6 Å². The Morgan fingerprint density at radius 3 is 2.02 bits per heavy atom. The molecule has 0 bridgehead atoms. The van der Waals surface area contributed by atoms with E-state index in [1.54, 1.807) is 4.26 Å². The van der Waals surface area contributed by atoms with Gasteiger partial charge in [0.05, 0.1) is 0 Å². The average Bonchev–Trinajstić information content (AvgIpc) is 3.48. The van der Waals surface area contributed by atoms with Crippen LogP contribution in [0.1, 0.15) is 127 Å². The van der Waals surface area contributed by atoms with Gasteiger partial charge in [0.1, 0.15) is 0 Å². The fourth-order valence-electron chi connectivity index (χ4n) is 7.24. The number of aromatic nitrogens is 1. The van der Waals surface area contributed by atoms with Gasteiger partial charge in [0.25, 0.3) is 0 Å². The normalized spacial score (nSPS) is 12.8. The summed E-state index contributed by atoms with van der Waals surface area (Å²) in [5.74, 6) is 1.77. The maximum atomic E-state index is 4.91. The number of rotatable bonds is 13. The fourth-order valence-corrected chi connectivity index (χ4v) is 10.0. The molecule has 0 aliphatic heterocycles. The van der Waals surface area contributed by atoms with Crippen LogP contribution >= 0.6 is 0 Å². The van der Waals surface area contributed by atoms with Crippen molar-refractivity contribution in [3.63, 3.8) is 0 Å². The van der Waals surface area contributed by atoms with Gasteiger partial charge in [0.15, 0.2) is 0 Å². The van der Waals surface area contributed by atoms with Crippen LogP contribution in [0.2, 0.25) is 0 Å². The zero-order chi connectivity index (χ0) is 38.2. The molecular formula is C48H65IrN3Se-2. The van der Waals surface area contributed by atoms with Crippen molar-refractivity contribution in [2.75, 3.05) is 0 Å². The molecule has 5 heteroatoms. The molecule has 3 nitrogen and oxygen atoms in total. The van der Waals surface area contributed by atoms with E-state index in [2.05, 4.69) is 157 Å². The first-order valence-electron chi connectivity index (χ1n) is 20.0. The molecule has 0 aliphatic rings. The Morgan fingerprint density at radius 2 is 1.43 bits per heavy atom. The molecule has 0 amide bonds. The topological polar surface area (TPSA) is 39.4 Å².